The standard InChI is InChI=1S/C26H25N3O5S/c1-14(8-23(31)29-26-28-17(13-35-26)10-22(27)30)19-11-20-21(16-6-5-7-18(9-16)32-3)12-34-25(20)15(2)24(19)33-4/h5-9,11-13H,10H2,1-4H3,(H2,27,30)(H,28,29,31)/b14-8+. The highest BCUT2D eigenvalue weighted by molar-refractivity contribution is 7.14. The van der Waals surface area contributed by atoms with Crippen molar-refractivity contribution in [2.24, 2.45) is 5.73 Å². The van der Waals surface area contributed by atoms with E-state index in [0.717, 1.165) is 33.4 Å². The number of fused-ring (bicyclic) bond motifs is 1. The first-order chi connectivity index (χ1) is 16.8. The maximum absolute atomic E-state index is 12.7. The van der Waals surface area contributed by atoms with Crippen molar-refractivity contribution >= 4 is 44.8 Å². The summed E-state index contributed by atoms with van der Waals surface area (Å²) in [6, 6.07) is 9.71. The number of amides is 2. The third-order valence-electron chi connectivity index (χ3n) is 5.54. The van der Waals surface area contributed by atoms with E-state index in [-0.39, 0.29) is 12.3 Å². The van der Waals surface area contributed by atoms with Crippen molar-refractivity contribution in [2.75, 3.05) is 19.5 Å². The maximum atomic E-state index is 12.7. The maximum Gasteiger partial charge on any atom is 0.250 e. The van der Waals surface area contributed by atoms with Crippen molar-refractivity contribution in [3.63, 3.8) is 0 Å². The molecular weight excluding hydrogens is 466 g/mol. The quantitative estimate of drug-likeness (QED) is 0.337. The van der Waals surface area contributed by atoms with E-state index in [1.54, 1.807) is 25.9 Å². The van der Waals surface area contributed by atoms with Gasteiger partial charge in [0.25, 0.3) is 0 Å². The van der Waals surface area contributed by atoms with E-state index < -0.39 is 5.91 Å². The SMILES string of the molecule is COc1cccc(-c2coc3c(C)c(OC)c(/C(C)=C/C(=O)Nc4nc(CC(N)=O)cs4)cc23)c1. The second-order valence-corrected chi connectivity index (χ2v) is 8.80. The largest absolute Gasteiger partial charge is 0.497 e. The van der Waals surface area contributed by atoms with Crippen molar-refractivity contribution in [3.05, 3.63) is 64.9 Å². The molecule has 3 N–H and O–H groups in total. The van der Waals surface area contributed by atoms with Crippen LogP contribution in [0.15, 0.2) is 52.5 Å². The predicted octanol–water partition coefficient (Wildman–Crippen LogP) is 4.95. The van der Waals surface area contributed by atoms with E-state index in [1.807, 2.05) is 44.2 Å². The smallest absolute Gasteiger partial charge is 0.250 e. The minimum absolute atomic E-state index is 0.0258. The number of hydrogen-bond acceptors (Lipinski definition) is 7. The highest BCUT2D eigenvalue weighted by atomic mass is 32.1. The van der Waals surface area contributed by atoms with Crippen molar-refractivity contribution in [2.45, 2.75) is 20.3 Å². The van der Waals surface area contributed by atoms with Gasteiger partial charge in [-0.25, -0.2) is 4.98 Å². The molecule has 2 amide bonds. The second kappa shape index (κ2) is 10.0. The van der Waals surface area contributed by atoms with Gasteiger partial charge in [-0.3, -0.25) is 14.9 Å². The van der Waals surface area contributed by atoms with Crippen LogP contribution in [0, 0.1) is 6.92 Å². The summed E-state index contributed by atoms with van der Waals surface area (Å²) < 4.78 is 17.0. The number of nitrogens with one attached hydrogen (secondary N) is 1. The van der Waals surface area contributed by atoms with E-state index in [2.05, 4.69) is 10.3 Å². The first-order valence-corrected chi connectivity index (χ1v) is 11.6. The van der Waals surface area contributed by atoms with Crippen LogP contribution < -0.4 is 20.5 Å². The van der Waals surface area contributed by atoms with E-state index in [4.69, 9.17) is 19.6 Å². The number of aromatic nitrogens is 1. The van der Waals surface area contributed by atoms with Crippen LogP contribution in [0.4, 0.5) is 5.13 Å². The molecule has 4 aromatic rings. The number of primary amides is 1. The van der Waals surface area contributed by atoms with Crippen molar-refractivity contribution < 1.29 is 23.5 Å². The summed E-state index contributed by atoms with van der Waals surface area (Å²) in [6.45, 7) is 3.76. The molecule has 0 aliphatic rings. The number of ether oxygens (including phenoxy) is 2. The van der Waals surface area contributed by atoms with Crippen LogP contribution in [0.3, 0.4) is 0 Å². The summed E-state index contributed by atoms with van der Waals surface area (Å²) in [5.74, 6) is 0.552. The van der Waals surface area contributed by atoms with Crippen LogP contribution in [-0.2, 0) is 16.0 Å². The number of rotatable bonds is 8. The van der Waals surface area contributed by atoms with E-state index in [0.29, 0.717) is 27.7 Å². The Balaban J connectivity index is 1.70. The molecule has 8 nitrogen and oxygen atoms in total. The van der Waals surface area contributed by atoms with E-state index in [1.165, 1.54) is 17.4 Å². The number of carbonyl (C=O) groups excluding carboxylic acids is 2. The molecule has 0 saturated heterocycles. The molecular formula is C26H25N3O5S. The zero-order chi connectivity index (χ0) is 25.1. The monoisotopic (exact) mass is 491 g/mol. The van der Waals surface area contributed by atoms with Crippen LogP contribution in [0.5, 0.6) is 11.5 Å². The molecule has 0 unspecified atom stereocenters. The molecule has 35 heavy (non-hydrogen) atoms. The van der Waals surface area contributed by atoms with Crippen LogP contribution in [0.2, 0.25) is 0 Å². The number of hydrogen-bond donors (Lipinski definition) is 2. The van der Waals surface area contributed by atoms with Gasteiger partial charge in [0.2, 0.25) is 11.8 Å². The van der Waals surface area contributed by atoms with Gasteiger partial charge >= 0.3 is 0 Å². The molecule has 180 valence electrons. The molecule has 9 heteroatoms. The first-order valence-electron chi connectivity index (χ1n) is 10.8. The predicted molar refractivity (Wildman–Crippen MR) is 137 cm³/mol. The molecule has 2 heterocycles. The summed E-state index contributed by atoms with van der Waals surface area (Å²) >= 11 is 1.23. The summed E-state index contributed by atoms with van der Waals surface area (Å²) in [6.07, 6.45) is 3.23. The molecule has 0 fully saturated rings. The average molecular weight is 492 g/mol. The number of methoxy groups -OCH3 is 2. The van der Waals surface area contributed by atoms with Gasteiger partial charge in [0.05, 0.1) is 32.6 Å². The van der Waals surface area contributed by atoms with Gasteiger partial charge in [0.15, 0.2) is 5.13 Å². The number of anilines is 1. The van der Waals surface area contributed by atoms with E-state index in [9.17, 15) is 9.59 Å². The molecule has 0 atom stereocenters. The Kier molecular flexibility index (Phi) is 6.88. The van der Waals surface area contributed by atoms with Crippen LogP contribution in [-0.4, -0.2) is 31.0 Å². The molecule has 0 bridgehead atoms. The summed E-state index contributed by atoms with van der Waals surface area (Å²) in [5, 5.41) is 5.72. The lowest BCUT2D eigenvalue weighted by Gasteiger charge is -2.13. The Bertz CT molecular complexity index is 1450. The zero-order valence-corrected chi connectivity index (χ0v) is 20.6. The number of nitrogens with zero attached hydrogens (tertiary/aromatic N) is 1. The highest BCUT2D eigenvalue weighted by Gasteiger charge is 2.19. The normalized spacial score (nSPS) is 11.5. The Morgan fingerprint density at radius 2 is 2.03 bits per heavy atom. The van der Waals surface area contributed by atoms with Crippen molar-refractivity contribution in [1.29, 1.82) is 0 Å². The average Bonchev–Trinajstić information content (AvgIpc) is 3.45. The molecule has 2 aromatic heterocycles. The Labute approximate surface area is 206 Å². The van der Waals surface area contributed by atoms with Gasteiger partial charge in [-0.2, -0.15) is 0 Å². The number of aryl methyl sites for hydroxylation is 1. The molecule has 0 radical (unpaired) electrons. The number of furan rings is 1. The third-order valence-corrected chi connectivity index (χ3v) is 6.34. The summed E-state index contributed by atoms with van der Waals surface area (Å²) in [7, 11) is 3.22. The Hall–Kier alpha value is -4.11. The molecule has 0 spiro atoms. The fraction of sp³-hybridized carbons (Fsp3) is 0.192. The number of benzene rings is 2. The zero-order valence-electron chi connectivity index (χ0n) is 19.8. The van der Waals surface area contributed by atoms with Gasteiger partial charge < -0.3 is 19.6 Å². The van der Waals surface area contributed by atoms with Crippen LogP contribution >= 0.6 is 11.3 Å². The fourth-order valence-corrected chi connectivity index (χ4v) is 4.64. The van der Waals surface area contributed by atoms with Gasteiger partial charge in [0, 0.05) is 33.5 Å². The van der Waals surface area contributed by atoms with Gasteiger partial charge in [-0.05, 0) is 43.2 Å². The van der Waals surface area contributed by atoms with Crippen LogP contribution in [0.1, 0.15) is 23.7 Å². The van der Waals surface area contributed by atoms with Gasteiger partial charge in [-0.15, -0.1) is 11.3 Å². The summed E-state index contributed by atoms with van der Waals surface area (Å²) in [4.78, 5) is 28.0. The Morgan fingerprint density at radius 1 is 1.23 bits per heavy atom. The number of nitrogens with two attached hydrogens (primary N) is 1. The van der Waals surface area contributed by atoms with Crippen LogP contribution in [0.25, 0.3) is 27.7 Å². The molecule has 2 aromatic carbocycles. The lowest BCUT2D eigenvalue weighted by Crippen LogP contribution is -2.14. The summed E-state index contributed by atoms with van der Waals surface area (Å²) in [5.41, 5.74) is 10.6. The number of allylic oxidation sites excluding steroid dienone is 1. The Morgan fingerprint density at radius 3 is 2.74 bits per heavy atom. The number of thiazole rings is 1. The minimum atomic E-state index is -0.477. The second-order valence-electron chi connectivity index (χ2n) is 7.94. The van der Waals surface area contributed by atoms with Gasteiger partial charge in [0.1, 0.15) is 17.1 Å². The lowest BCUT2D eigenvalue weighted by molar-refractivity contribution is -0.117. The fourth-order valence-electron chi connectivity index (χ4n) is 3.93. The molecule has 0 aliphatic heterocycles. The lowest BCUT2D eigenvalue weighted by atomic mass is 9.96. The number of carbonyl (C=O) groups is 2. The molecule has 0 saturated carbocycles. The first kappa shape index (κ1) is 24.0. The van der Waals surface area contributed by atoms with E-state index >= 15 is 0 Å². The topological polar surface area (TPSA) is 117 Å². The van der Waals surface area contributed by atoms with Crippen molar-refractivity contribution in [3.8, 4) is 22.6 Å². The molecule has 4 rings (SSSR count). The molecule has 0 aliphatic carbocycles. The van der Waals surface area contributed by atoms with Crippen molar-refractivity contribution in [1.82, 2.24) is 4.98 Å². The van der Waals surface area contributed by atoms with Gasteiger partial charge in [-0.1, -0.05) is 12.1 Å². The third kappa shape index (κ3) is 5.04. The highest BCUT2D eigenvalue weighted by Crippen LogP contribution is 2.41. The minimum Gasteiger partial charge on any atom is -0.497 e.